The number of H-pyrrole nitrogens is 1. The molecule has 1 aliphatic heterocycles. The van der Waals surface area contributed by atoms with E-state index >= 15 is 0 Å². The van der Waals surface area contributed by atoms with Crippen LogP contribution in [0.3, 0.4) is 0 Å². The van der Waals surface area contributed by atoms with E-state index in [9.17, 15) is 14.7 Å². The Balaban J connectivity index is 1.38. The van der Waals surface area contributed by atoms with Gasteiger partial charge in [0.25, 0.3) is 5.56 Å². The molecule has 0 spiro atoms. The number of aromatic hydroxyl groups is 1. The molecule has 0 unspecified atom stereocenters. The van der Waals surface area contributed by atoms with Gasteiger partial charge < -0.3 is 15.4 Å². The minimum atomic E-state index is -0.231. The second-order valence-electron chi connectivity index (χ2n) is 7.80. The van der Waals surface area contributed by atoms with Crippen molar-refractivity contribution in [1.29, 1.82) is 0 Å². The minimum Gasteiger partial charge on any atom is -0.508 e. The summed E-state index contributed by atoms with van der Waals surface area (Å²) < 4.78 is 0. The van der Waals surface area contributed by atoms with Gasteiger partial charge in [-0.3, -0.25) is 14.5 Å². The van der Waals surface area contributed by atoms with E-state index < -0.39 is 0 Å². The number of fused-ring (bicyclic) bond motifs is 1. The Labute approximate surface area is 179 Å². The molecular weight excluding hydrogens is 402 g/mol. The molecule has 1 saturated heterocycles. The van der Waals surface area contributed by atoms with Gasteiger partial charge in [-0.15, -0.1) is 0 Å². The number of hydrogen-bond acceptors (Lipinski definition) is 4. The maximum absolute atomic E-state index is 12.6. The molecule has 0 aliphatic carbocycles. The number of likely N-dealkylation sites (tertiary alicyclic amines) is 1. The van der Waals surface area contributed by atoms with E-state index in [1.165, 1.54) is 0 Å². The van der Waals surface area contributed by atoms with Crippen molar-refractivity contribution in [3.63, 3.8) is 0 Å². The van der Waals surface area contributed by atoms with Crippen LogP contribution in [0, 0.1) is 0 Å². The Hall–Kier alpha value is -2.83. The van der Waals surface area contributed by atoms with Crippen LogP contribution in [-0.2, 0) is 17.8 Å². The Kier molecular flexibility index (Phi) is 6.06. The highest BCUT2D eigenvalue weighted by atomic mass is 35.5. The molecule has 3 aromatic rings. The van der Waals surface area contributed by atoms with Crippen LogP contribution in [0.15, 0.2) is 53.3 Å². The van der Waals surface area contributed by atoms with Gasteiger partial charge in [0.05, 0.1) is 6.42 Å². The van der Waals surface area contributed by atoms with Crippen LogP contribution in [0.2, 0.25) is 5.02 Å². The number of nitrogens with zero attached hydrogens (tertiary/aromatic N) is 1. The van der Waals surface area contributed by atoms with Crippen LogP contribution in [0.4, 0.5) is 0 Å². The summed E-state index contributed by atoms with van der Waals surface area (Å²) in [6.45, 7) is 2.15. The number of benzene rings is 2. The average Bonchev–Trinajstić information content (AvgIpc) is 2.71. The summed E-state index contributed by atoms with van der Waals surface area (Å²) in [7, 11) is 0. The van der Waals surface area contributed by atoms with Crippen molar-refractivity contribution in [2.75, 3.05) is 13.1 Å². The van der Waals surface area contributed by atoms with Crippen molar-refractivity contribution in [3.05, 3.63) is 75.0 Å². The fraction of sp³-hybridized carbons (Fsp3) is 0.304. The summed E-state index contributed by atoms with van der Waals surface area (Å²) in [5.74, 6) is 0.0642. The van der Waals surface area contributed by atoms with E-state index in [1.807, 2.05) is 24.3 Å². The number of halogens is 1. The normalized spacial score (nSPS) is 17.2. The lowest BCUT2D eigenvalue weighted by Crippen LogP contribution is -2.48. The Morgan fingerprint density at radius 2 is 2.03 bits per heavy atom. The van der Waals surface area contributed by atoms with Crippen molar-refractivity contribution in [2.45, 2.75) is 31.8 Å². The zero-order valence-electron chi connectivity index (χ0n) is 16.5. The first-order valence-corrected chi connectivity index (χ1v) is 10.5. The molecule has 7 heteroatoms. The third kappa shape index (κ3) is 4.83. The first-order valence-electron chi connectivity index (χ1n) is 10.1. The van der Waals surface area contributed by atoms with Crippen molar-refractivity contribution in [3.8, 4) is 5.75 Å². The fourth-order valence-corrected chi connectivity index (χ4v) is 4.21. The van der Waals surface area contributed by atoms with Crippen LogP contribution < -0.4 is 10.9 Å². The zero-order valence-corrected chi connectivity index (χ0v) is 17.3. The summed E-state index contributed by atoms with van der Waals surface area (Å²) >= 11 is 6.04. The third-order valence-electron chi connectivity index (χ3n) is 5.49. The van der Waals surface area contributed by atoms with Crippen molar-refractivity contribution >= 4 is 28.4 Å². The van der Waals surface area contributed by atoms with E-state index in [-0.39, 0.29) is 29.7 Å². The molecular formula is C23H24ClN3O3. The molecule has 1 amide bonds. The van der Waals surface area contributed by atoms with Crippen molar-refractivity contribution in [1.82, 2.24) is 15.2 Å². The van der Waals surface area contributed by atoms with Crippen LogP contribution in [-0.4, -0.2) is 40.0 Å². The molecule has 1 atom stereocenters. The maximum Gasteiger partial charge on any atom is 0.252 e. The number of phenolic OH excluding ortho intramolecular Hbond substituents is 1. The van der Waals surface area contributed by atoms with E-state index in [2.05, 4.69) is 15.2 Å². The highest BCUT2D eigenvalue weighted by Crippen LogP contribution is 2.24. The Bertz CT molecular complexity index is 1130. The first kappa shape index (κ1) is 20.4. The fourth-order valence-electron chi connectivity index (χ4n) is 4.01. The largest absolute Gasteiger partial charge is 0.508 e. The zero-order chi connectivity index (χ0) is 21.1. The minimum absolute atomic E-state index is 0.00659. The standard InChI is InChI=1S/C23H24ClN3O3/c24-18-7-8-21(28)17(11-18)13-27-9-3-5-19(14-27)25-22(29)12-16-10-15-4-1-2-6-20(15)26-23(16)30/h1-2,4,6-8,10-11,19,28H,3,5,9,12-14H2,(H,25,29)(H,26,30)/t19-/m0/s1. The van der Waals surface area contributed by atoms with Gasteiger partial charge in [0.15, 0.2) is 0 Å². The number of para-hydroxylation sites is 1. The Morgan fingerprint density at radius 3 is 2.90 bits per heavy atom. The highest BCUT2D eigenvalue weighted by molar-refractivity contribution is 6.30. The molecule has 0 radical (unpaired) electrons. The number of aromatic nitrogens is 1. The predicted molar refractivity (Wildman–Crippen MR) is 118 cm³/mol. The number of hydrogen-bond donors (Lipinski definition) is 3. The monoisotopic (exact) mass is 425 g/mol. The van der Waals surface area contributed by atoms with Gasteiger partial charge >= 0.3 is 0 Å². The van der Waals surface area contributed by atoms with Crippen LogP contribution in [0.1, 0.15) is 24.0 Å². The number of piperidine rings is 1. The number of rotatable bonds is 5. The molecule has 6 nitrogen and oxygen atoms in total. The summed E-state index contributed by atoms with van der Waals surface area (Å²) in [6, 6.07) is 14.3. The van der Waals surface area contributed by atoms with E-state index in [0.717, 1.165) is 35.9 Å². The quantitative estimate of drug-likeness (QED) is 0.586. The first-order chi connectivity index (χ1) is 14.5. The molecule has 1 aliphatic rings. The maximum atomic E-state index is 12.6. The van der Waals surface area contributed by atoms with Crippen molar-refractivity contribution < 1.29 is 9.90 Å². The van der Waals surface area contributed by atoms with Gasteiger partial charge in [-0.25, -0.2) is 0 Å². The van der Waals surface area contributed by atoms with E-state index in [0.29, 0.717) is 23.7 Å². The molecule has 3 N–H and O–H groups in total. The van der Waals surface area contributed by atoms with Gasteiger partial charge in [0.1, 0.15) is 5.75 Å². The predicted octanol–water partition coefficient (Wildman–Crippen LogP) is 3.21. The molecule has 4 rings (SSSR count). The van der Waals surface area contributed by atoms with Gasteiger partial charge in [0.2, 0.25) is 5.91 Å². The topological polar surface area (TPSA) is 85.4 Å². The lowest BCUT2D eigenvalue weighted by atomic mass is 10.0. The summed E-state index contributed by atoms with van der Waals surface area (Å²) in [5.41, 5.74) is 1.77. The SMILES string of the molecule is O=C(Cc1cc2ccccc2[nH]c1=O)N[C@H]1CCCN(Cc2cc(Cl)ccc2O)C1. The summed E-state index contributed by atoms with van der Waals surface area (Å²) in [6.07, 6.45) is 1.88. The Morgan fingerprint density at radius 1 is 1.20 bits per heavy atom. The molecule has 156 valence electrons. The second kappa shape index (κ2) is 8.90. The molecule has 1 fully saturated rings. The lowest BCUT2D eigenvalue weighted by molar-refractivity contribution is -0.121. The van der Waals surface area contributed by atoms with Gasteiger partial charge in [-0.1, -0.05) is 29.8 Å². The third-order valence-corrected chi connectivity index (χ3v) is 5.72. The molecule has 30 heavy (non-hydrogen) atoms. The van der Waals surface area contributed by atoms with Crippen LogP contribution in [0.25, 0.3) is 10.9 Å². The molecule has 2 aromatic carbocycles. The molecule has 0 saturated carbocycles. The smallest absolute Gasteiger partial charge is 0.252 e. The number of aromatic amines is 1. The van der Waals surface area contributed by atoms with Crippen molar-refractivity contribution in [2.24, 2.45) is 0 Å². The van der Waals surface area contributed by atoms with Gasteiger partial charge in [0, 0.05) is 40.8 Å². The number of phenols is 1. The number of pyridine rings is 1. The molecule has 1 aromatic heterocycles. The van der Waals surface area contributed by atoms with Gasteiger partial charge in [-0.05, 0) is 55.1 Å². The molecule has 2 heterocycles. The van der Waals surface area contributed by atoms with Crippen LogP contribution >= 0.6 is 11.6 Å². The highest BCUT2D eigenvalue weighted by Gasteiger charge is 2.22. The van der Waals surface area contributed by atoms with E-state index in [4.69, 9.17) is 11.6 Å². The number of nitrogens with one attached hydrogen (secondary N) is 2. The number of carbonyl (C=O) groups is 1. The lowest BCUT2D eigenvalue weighted by Gasteiger charge is -2.33. The van der Waals surface area contributed by atoms with Gasteiger partial charge in [-0.2, -0.15) is 0 Å². The number of amides is 1. The number of carbonyl (C=O) groups excluding carboxylic acids is 1. The second-order valence-corrected chi connectivity index (χ2v) is 8.24. The summed E-state index contributed by atoms with van der Waals surface area (Å²) in [5, 5.41) is 14.6. The summed E-state index contributed by atoms with van der Waals surface area (Å²) in [4.78, 5) is 29.9. The van der Waals surface area contributed by atoms with Crippen LogP contribution in [0.5, 0.6) is 5.75 Å². The molecule has 0 bridgehead atoms. The average molecular weight is 426 g/mol. The van der Waals surface area contributed by atoms with E-state index in [1.54, 1.807) is 24.3 Å².